The summed E-state index contributed by atoms with van der Waals surface area (Å²) < 4.78 is 19.8. The van der Waals surface area contributed by atoms with Crippen LogP contribution in [0, 0.1) is 19.7 Å². The van der Waals surface area contributed by atoms with Crippen molar-refractivity contribution in [3.8, 4) is 5.75 Å². The van der Waals surface area contributed by atoms with Crippen molar-refractivity contribution in [1.29, 1.82) is 0 Å². The molecule has 156 valence electrons. The molecule has 0 spiro atoms. The molecule has 3 aromatic rings. The van der Waals surface area contributed by atoms with Crippen molar-refractivity contribution in [3.63, 3.8) is 0 Å². The van der Waals surface area contributed by atoms with Crippen molar-refractivity contribution in [1.82, 2.24) is 14.5 Å². The van der Waals surface area contributed by atoms with Gasteiger partial charge in [-0.05, 0) is 44.2 Å². The maximum atomic E-state index is 13.0. The van der Waals surface area contributed by atoms with Crippen molar-refractivity contribution in [2.45, 2.75) is 31.3 Å². The van der Waals surface area contributed by atoms with Crippen LogP contribution in [0.4, 0.5) is 10.1 Å². The Hall–Kier alpha value is -3.20. The minimum atomic E-state index is -0.383. The molecule has 7 nitrogen and oxygen atoms in total. The van der Waals surface area contributed by atoms with Gasteiger partial charge in [0.25, 0.3) is 0 Å². The molecule has 0 saturated heterocycles. The fourth-order valence-electron chi connectivity index (χ4n) is 2.80. The van der Waals surface area contributed by atoms with Crippen LogP contribution in [0.1, 0.15) is 17.1 Å². The van der Waals surface area contributed by atoms with E-state index in [1.165, 1.54) is 55.4 Å². The number of ether oxygens (including phenoxy) is 1. The molecule has 0 atom stereocenters. The van der Waals surface area contributed by atoms with Crippen molar-refractivity contribution < 1.29 is 13.9 Å². The molecule has 0 unspecified atom stereocenters. The lowest BCUT2D eigenvalue weighted by molar-refractivity contribution is -0.116. The smallest absolute Gasteiger partial charge is 0.244 e. The van der Waals surface area contributed by atoms with Crippen LogP contribution in [-0.2, 0) is 17.1 Å². The highest BCUT2D eigenvalue weighted by molar-refractivity contribution is 7.98. The summed E-state index contributed by atoms with van der Waals surface area (Å²) in [6, 6.07) is 8.82. The Balaban J connectivity index is 1.80. The minimum Gasteiger partial charge on any atom is -0.491 e. The summed E-state index contributed by atoms with van der Waals surface area (Å²) in [6.07, 6.45) is 1.50. The van der Waals surface area contributed by atoms with E-state index in [2.05, 4.69) is 15.3 Å². The Kier molecular flexibility index (Phi) is 6.83. The minimum absolute atomic E-state index is 0.0440. The van der Waals surface area contributed by atoms with Crippen LogP contribution >= 0.6 is 11.8 Å². The fourth-order valence-corrected chi connectivity index (χ4v) is 3.75. The summed E-state index contributed by atoms with van der Waals surface area (Å²) in [7, 11) is 1.40. The largest absolute Gasteiger partial charge is 0.491 e. The van der Waals surface area contributed by atoms with Gasteiger partial charge in [0, 0.05) is 34.6 Å². The fraction of sp³-hybridized carbons (Fsp3) is 0.238. The molecule has 9 heteroatoms. The van der Waals surface area contributed by atoms with Gasteiger partial charge in [-0.2, -0.15) is 0 Å². The highest BCUT2D eigenvalue weighted by Gasteiger charge is 2.12. The monoisotopic (exact) mass is 428 g/mol. The van der Waals surface area contributed by atoms with E-state index in [1.807, 2.05) is 19.9 Å². The second kappa shape index (κ2) is 9.53. The summed E-state index contributed by atoms with van der Waals surface area (Å²) in [5.41, 5.74) is 2.55. The number of carbonyl (C=O) groups excluding carboxylic acids is 1. The number of carbonyl (C=O) groups is 1. The molecule has 0 radical (unpaired) electrons. The lowest BCUT2D eigenvalue weighted by atomic mass is 10.3. The zero-order chi connectivity index (χ0) is 21.7. The van der Waals surface area contributed by atoms with Crippen LogP contribution < -0.4 is 15.5 Å². The van der Waals surface area contributed by atoms with Crippen molar-refractivity contribution in [2.75, 3.05) is 12.4 Å². The number of pyridine rings is 1. The van der Waals surface area contributed by atoms with E-state index in [9.17, 15) is 14.0 Å². The van der Waals surface area contributed by atoms with Crippen LogP contribution in [0.15, 0.2) is 52.5 Å². The second-order valence-electron chi connectivity index (χ2n) is 6.60. The van der Waals surface area contributed by atoms with E-state index in [-0.39, 0.29) is 29.4 Å². The third-order valence-electron chi connectivity index (χ3n) is 4.16. The highest BCUT2D eigenvalue weighted by atomic mass is 32.2. The van der Waals surface area contributed by atoms with Crippen molar-refractivity contribution in [3.05, 3.63) is 75.7 Å². The van der Waals surface area contributed by atoms with E-state index >= 15 is 0 Å². The Morgan fingerprint density at radius 2 is 1.83 bits per heavy atom. The number of methoxy groups -OCH3 is 1. The lowest BCUT2D eigenvalue weighted by Gasteiger charge is -2.15. The molecule has 1 N–H and O–H groups in total. The Labute approximate surface area is 177 Å². The first-order valence-electron chi connectivity index (χ1n) is 9.12. The first-order chi connectivity index (χ1) is 14.3. The lowest BCUT2D eigenvalue weighted by Crippen LogP contribution is -2.22. The number of thioether (sulfide) groups is 1. The Morgan fingerprint density at radius 3 is 2.47 bits per heavy atom. The standard InChI is InChI=1S/C21H21FN4O3S/c1-13-8-14(2)24-21(23-13)30-12-17-9-18(27)19(29-3)10-26(17)11-20(28)25-16-6-4-15(22)5-7-16/h4-10H,11-12H2,1-3H3,(H,25,28). The number of hydrogen-bond donors (Lipinski definition) is 1. The third kappa shape index (κ3) is 5.66. The molecule has 0 saturated carbocycles. The van der Waals surface area contributed by atoms with Gasteiger partial charge >= 0.3 is 0 Å². The number of rotatable bonds is 7. The Morgan fingerprint density at radius 1 is 1.17 bits per heavy atom. The molecule has 0 aliphatic rings. The number of aryl methyl sites for hydroxylation is 2. The molecule has 0 fully saturated rings. The van der Waals surface area contributed by atoms with Gasteiger partial charge in [-0.15, -0.1) is 0 Å². The van der Waals surface area contributed by atoms with Gasteiger partial charge in [0.2, 0.25) is 11.3 Å². The number of halogens is 1. The van der Waals surface area contributed by atoms with E-state index in [1.54, 1.807) is 4.57 Å². The number of hydrogen-bond acceptors (Lipinski definition) is 6. The summed E-state index contributed by atoms with van der Waals surface area (Å²) in [5, 5.41) is 3.30. The van der Waals surface area contributed by atoms with E-state index in [0.29, 0.717) is 22.3 Å². The van der Waals surface area contributed by atoms with E-state index in [0.717, 1.165) is 11.4 Å². The van der Waals surface area contributed by atoms with Gasteiger partial charge in [0.1, 0.15) is 12.4 Å². The SMILES string of the molecule is COc1cn(CC(=O)Nc2ccc(F)cc2)c(CSc2nc(C)cc(C)n2)cc1=O. The van der Waals surface area contributed by atoms with Crippen molar-refractivity contribution >= 4 is 23.4 Å². The number of amides is 1. The van der Waals surface area contributed by atoms with Gasteiger partial charge in [-0.25, -0.2) is 14.4 Å². The van der Waals surface area contributed by atoms with Crippen LogP contribution in [0.3, 0.4) is 0 Å². The van der Waals surface area contributed by atoms with Gasteiger partial charge < -0.3 is 14.6 Å². The number of aromatic nitrogens is 3. The molecule has 30 heavy (non-hydrogen) atoms. The Bertz CT molecular complexity index is 1100. The van der Waals surface area contributed by atoms with Crippen LogP contribution in [0.5, 0.6) is 5.75 Å². The molecule has 1 amide bonds. The first-order valence-corrected chi connectivity index (χ1v) is 10.1. The number of nitrogens with one attached hydrogen (secondary N) is 1. The predicted molar refractivity (Wildman–Crippen MR) is 113 cm³/mol. The van der Waals surface area contributed by atoms with Gasteiger partial charge in [-0.3, -0.25) is 9.59 Å². The number of anilines is 1. The van der Waals surface area contributed by atoms with Gasteiger partial charge in [0.15, 0.2) is 10.9 Å². The normalized spacial score (nSPS) is 10.7. The summed E-state index contributed by atoms with van der Waals surface area (Å²) in [4.78, 5) is 33.5. The van der Waals surface area contributed by atoms with Crippen LogP contribution in [0.2, 0.25) is 0 Å². The summed E-state index contributed by atoms with van der Waals surface area (Å²) in [5.74, 6) is -0.167. The van der Waals surface area contributed by atoms with E-state index < -0.39 is 0 Å². The second-order valence-corrected chi connectivity index (χ2v) is 7.54. The molecule has 0 bridgehead atoms. The first kappa shape index (κ1) is 21.5. The highest BCUT2D eigenvalue weighted by Crippen LogP contribution is 2.21. The maximum Gasteiger partial charge on any atom is 0.244 e. The molecular weight excluding hydrogens is 407 g/mol. The quantitative estimate of drug-likeness (QED) is 0.459. The zero-order valence-corrected chi connectivity index (χ0v) is 17.6. The number of benzene rings is 1. The molecule has 2 aromatic heterocycles. The van der Waals surface area contributed by atoms with Gasteiger partial charge in [-0.1, -0.05) is 11.8 Å². The van der Waals surface area contributed by atoms with Crippen LogP contribution in [-0.4, -0.2) is 27.6 Å². The average molecular weight is 428 g/mol. The molecular formula is C21H21FN4O3S. The van der Waals surface area contributed by atoms with Crippen LogP contribution in [0.25, 0.3) is 0 Å². The molecule has 0 aliphatic heterocycles. The molecule has 1 aromatic carbocycles. The summed E-state index contributed by atoms with van der Waals surface area (Å²) in [6.45, 7) is 3.74. The molecule has 2 heterocycles. The van der Waals surface area contributed by atoms with Crippen molar-refractivity contribution in [2.24, 2.45) is 0 Å². The maximum absolute atomic E-state index is 13.0. The van der Waals surface area contributed by atoms with E-state index in [4.69, 9.17) is 4.74 Å². The summed E-state index contributed by atoms with van der Waals surface area (Å²) >= 11 is 1.37. The topological polar surface area (TPSA) is 86.1 Å². The average Bonchev–Trinajstić information content (AvgIpc) is 2.69. The van der Waals surface area contributed by atoms with Gasteiger partial charge in [0.05, 0.1) is 13.3 Å². The third-order valence-corrected chi connectivity index (χ3v) is 5.04. The predicted octanol–water partition coefficient (Wildman–Crippen LogP) is 3.33. The molecule has 3 rings (SSSR count). The molecule has 0 aliphatic carbocycles. The number of nitrogens with zero attached hydrogens (tertiary/aromatic N) is 3. The zero-order valence-electron chi connectivity index (χ0n) is 16.8.